The van der Waals surface area contributed by atoms with E-state index in [0.717, 1.165) is 11.3 Å². The predicted molar refractivity (Wildman–Crippen MR) is 90.7 cm³/mol. The summed E-state index contributed by atoms with van der Waals surface area (Å²) in [5.74, 6) is 0.536. The van der Waals surface area contributed by atoms with Gasteiger partial charge in [0.15, 0.2) is 0 Å². The van der Waals surface area contributed by atoms with Crippen LogP contribution in [0.15, 0.2) is 54.6 Å². The first kappa shape index (κ1) is 17.0. The Balaban J connectivity index is 1.82. The summed E-state index contributed by atoms with van der Waals surface area (Å²) in [4.78, 5) is 12.1. The van der Waals surface area contributed by atoms with Gasteiger partial charge in [-0.3, -0.25) is 4.79 Å². The van der Waals surface area contributed by atoms with Gasteiger partial charge in [-0.05, 0) is 43.7 Å². The molecule has 1 unspecified atom stereocenters. The molecular weight excluding hydrogens is 290 g/mol. The normalized spacial score (nSPS) is 12.0. The van der Waals surface area contributed by atoms with Gasteiger partial charge in [-0.1, -0.05) is 30.3 Å². The van der Waals surface area contributed by atoms with Crippen molar-refractivity contribution < 1.29 is 14.6 Å². The number of carbonyl (C=O) groups excluding carboxylic acids is 1. The molecule has 0 aromatic heterocycles. The number of ether oxygens (including phenoxy) is 1. The van der Waals surface area contributed by atoms with Crippen molar-refractivity contribution in [1.82, 2.24) is 5.32 Å². The molecule has 0 aliphatic rings. The molecule has 4 heteroatoms. The van der Waals surface area contributed by atoms with E-state index in [1.165, 1.54) is 0 Å². The second-order valence-electron chi connectivity index (χ2n) is 5.74. The maximum Gasteiger partial charge on any atom is 0.251 e. The Kier molecular flexibility index (Phi) is 6.18. The molecule has 122 valence electrons. The molecule has 1 atom stereocenters. The highest BCUT2D eigenvalue weighted by atomic mass is 16.5. The third-order valence-corrected chi connectivity index (χ3v) is 3.30. The number of rotatable bonds is 7. The van der Waals surface area contributed by atoms with Crippen LogP contribution in [-0.4, -0.2) is 29.8 Å². The van der Waals surface area contributed by atoms with Crippen LogP contribution in [0.2, 0.25) is 0 Å². The summed E-state index contributed by atoms with van der Waals surface area (Å²) in [6.45, 7) is 4.13. The lowest BCUT2D eigenvalue weighted by Crippen LogP contribution is -2.33. The van der Waals surface area contributed by atoms with E-state index in [0.29, 0.717) is 12.0 Å². The quantitative estimate of drug-likeness (QED) is 0.826. The van der Waals surface area contributed by atoms with Crippen LogP contribution in [0.1, 0.15) is 29.8 Å². The van der Waals surface area contributed by atoms with Crippen LogP contribution >= 0.6 is 0 Å². The average molecular weight is 313 g/mol. The summed E-state index contributed by atoms with van der Waals surface area (Å²) in [5.41, 5.74) is 1.59. The van der Waals surface area contributed by atoms with Crippen LogP contribution in [-0.2, 0) is 6.42 Å². The van der Waals surface area contributed by atoms with Crippen molar-refractivity contribution in [2.45, 2.75) is 32.5 Å². The first-order valence-electron chi connectivity index (χ1n) is 7.81. The number of benzene rings is 2. The third-order valence-electron chi connectivity index (χ3n) is 3.30. The second-order valence-corrected chi connectivity index (χ2v) is 5.74. The fourth-order valence-corrected chi connectivity index (χ4v) is 2.23. The molecule has 0 saturated heterocycles. The standard InChI is InChI=1S/C19H23NO3/c1-14(2)23-18-10-8-16(9-11-18)19(22)20-13-17(21)12-15-6-4-3-5-7-15/h3-11,14,17,21H,12-13H2,1-2H3,(H,20,22). The Morgan fingerprint density at radius 1 is 1.09 bits per heavy atom. The summed E-state index contributed by atoms with van der Waals surface area (Å²) in [6.07, 6.45) is 0.00940. The van der Waals surface area contributed by atoms with Gasteiger partial charge in [-0.15, -0.1) is 0 Å². The maximum atomic E-state index is 12.1. The molecule has 0 aliphatic carbocycles. The van der Waals surface area contributed by atoms with E-state index < -0.39 is 6.10 Å². The molecule has 2 rings (SSSR count). The van der Waals surface area contributed by atoms with Gasteiger partial charge >= 0.3 is 0 Å². The van der Waals surface area contributed by atoms with Gasteiger partial charge in [0.1, 0.15) is 5.75 Å². The molecule has 23 heavy (non-hydrogen) atoms. The Bertz CT molecular complexity index is 608. The first-order chi connectivity index (χ1) is 11.0. The van der Waals surface area contributed by atoms with Crippen LogP contribution in [0.25, 0.3) is 0 Å². The van der Waals surface area contributed by atoms with E-state index in [1.54, 1.807) is 24.3 Å². The lowest BCUT2D eigenvalue weighted by molar-refractivity contribution is 0.0916. The van der Waals surface area contributed by atoms with Gasteiger partial charge in [-0.25, -0.2) is 0 Å². The third kappa shape index (κ3) is 5.75. The Morgan fingerprint density at radius 2 is 1.74 bits per heavy atom. The summed E-state index contributed by atoms with van der Waals surface area (Å²) in [5, 5.41) is 12.8. The van der Waals surface area contributed by atoms with E-state index in [4.69, 9.17) is 4.74 Å². The van der Waals surface area contributed by atoms with Crippen LogP contribution in [0, 0.1) is 0 Å². The largest absolute Gasteiger partial charge is 0.491 e. The van der Waals surface area contributed by atoms with E-state index in [1.807, 2.05) is 44.2 Å². The summed E-state index contributed by atoms with van der Waals surface area (Å²) in [7, 11) is 0. The number of aliphatic hydroxyl groups excluding tert-OH is 1. The minimum Gasteiger partial charge on any atom is -0.491 e. The van der Waals surface area contributed by atoms with Gasteiger partial charge in [0.05, 0.1) is 12.2 Å². The van der Waals surface area contributed by atoms with Crippen molar-refractivity contribution in [1.29, 1.82) is 0 Å². The molecule has 4 nitrogen and oxygen atoms in total. The predicted octanol–water partition coefficient (Wildman–Crippen LogP) is 2.81. The number of carbonyl (C=O) groups is 1. The van der Waals surface area contributed by atoms with Gasteiger partial charge in [0.25, 0.3) is 5.91 Å². The van der Waals surface area contributed by atoms with E-state index in [9.17, 15) is 9.90 Å². The zero-order valence-electron chi connectivity index (χ0n) is 13.5. The minimum atomic E-state index is -0.607. The zero-order chi connectivity index (χ0) is 16.7. The highest BCUT2D eigenvalue weighted by Crippen LogP contribution is 2.13. The summed E-state index contributed by atoms with van der Waals surface area (Å²) >= 11 is 0. The van der Waals surface area contributed by atoms with Crippen molar-refractivity contribution in [3.8, 4) is 5.75 Å². The van der Waals surface area contributed by atoms with Crippen molar-refractivity contribution in [3.63, 3.8) is 0 Å². The molecule has 1 amide bonds. The smallest absolute Gasteiger partial charge is 0.251 e. The van der Waals surface area contributed by atoms with Crippen molar-refractivity contribution in [2.24, 2.45) is 0 Å². The van der Waals surface area contributed by atoms with Crippen molar-refractivity contribution >= 4 is 5.91 Å². The highest BCUT2D eigenvalue weighted by Gasteiger charge is 2.10. The van der Waals surface area contributed by atoms with Gasteiger partial charge < -0.3 is 15.2 Å². The molecule has 0 saturated carbocycles. The molecule has 0 aliphatic heterocycles. The number of hydrogen-bond donors (Lipinski definition) is 2. The van der Waals surface area contributed by atoms with Gasteiger partial charge in [0, 0.05) is 18.5 Å². The SMILES string of the molecule is CC(C)Oc1ccc(C(=O)NCC(O)Cc2ccccc2)cc1. The molecular formula is C19H23NO3. The lowest BCUT2D eigenvalue weighted by Gasteiger charge is -2.13. The lowest BCUT2D eigenvalue weighted by atomic mass is 10.1. The molecule has 2 aromatic carbocycles. The second kappa shape index (κ2) is 8.34. The fraction of sp³-hybridized carbons (Fsp3) is 0.316. The molecule has 0 spiro atoms. The Hall–Kier alpha value is -2.33. The molecule has 2 N–H and O–H groups in total. The monoisotopic (exact) mass is 313 g/mol. The minimum absolute atomic E-state index is 0.0998. The number of amides is 1. The number of hydrogen-bond acceptors (Lipinski definition) is 3. The van der Waals surface area contributed by atoms with E-state index >= 15 is 0 Å². The summed E-state index contributed by atoms with van der Waals surface area (Å²) < 4.78 is 5.54. The van der Waals surface area contributed by atoms with Crippen LogP contribution in [0.3, 0.4) is 0 Å². The molecule has 0 radical (unpaired) electrons. The zero-order valence-corrected chi connectivity index (χ0v) is 13.5. The average Bonchev–Trinajstić information content (AvgIpc) is 2.54. The Morgan fingerprint density at radius 3 is 2.35 bits per heavy atom. The van der Waals surface area contributed by atoms with Crippen LogP contribution < -0.4 is 10.1 Å². The van der Waals surface area contributed by atoms with Crippen molar-refractivity contribution in [2.75, 3.05) is 6.54 Å². The molecule has 0 fully saturated rings. The van der Waals surface area contributed by atoms with Gasteiger partial charge in [-0.2, -0.15) is 0 Å². The highest BCUT2D eigenvalue weighted by molar-refractivity contribution is 5.94. The van der Waals surface area contributed by atoms with Crippen LogP contribution in [0.5, 0.6) is 5.75 Å². The molecule has 0 bridgehead atoms. The number of aliphatic hydroxyl groups is 1. The fourth-order valence-electron chi connectivity index (χ4n) is 2.23. The first-order valence-corrected chi connectivity index (χ1v) is 7.81. The maximum absolute atomic E-state index is 12.1. The number of nitrogens with one attached hydrogen (secondary N) is 1. The Labute approximate surface area is 137 Å². The van der Waals surface area contributed by atoms with E-state index in [2.05, 4.69) is 5.32 Å². The van der Waals surface area contributed by atoms with Crippen molar-refractivity contribution in [3.05, 3.63) is 65.7 Å². The molecule has 2 aromatic rings. The van der Waals surface area contributed by atoms with E-state index in [-0.39, 0.29) is 18.6 Å². The molecule has 0 heterocycles. The van der Waals surface area contributed by atoms with Crippen LogP contribution in [0.4, 0.5) is 0 Å². The van der Waals surface area contributed by atoms with Gasteiger partial charge in [0.2, 0.25) is 0 Å². The topological polar surface area (TPSA) is 58.6 Å². The summed E-state index contributed by atoms with van der Waals surface area (Å²) in [6, 6.07) is 16.7.